The quantitative estimate of drug-likeness (QED) is 0.273. The lowest BCUT2D eigenvalue weighted by Gasteiger charge is -2.15. The highest BCUT2D eigenvalue weighted by atomic mass is 19.4. The predicted octanol–water partition coefficient (Wildman–Crippen LogP) is 6.38. The maximum atomic E-state index is 13.3. The van der Waals surface area contributed by atoms with E-state index in [4.69, 9.17) is 14.7 Å². The number of aryl methyl sites for hydroxylation is 1. The van der Waals surface area contributed by atoms with Crippen molar-refractivity contribution in [1.29, 1.82) is 0 Å². The van der Waals surface area contributed by atoms with Gasteiger partial charge in [-0.15, -0.1) is 0 Å². The maximum Gasteiger partial charge on any atom is 0.434 e. The molecule has 0 atom stereocenters. The number of aromatic nitrogens is 6. The minimum Gasteiger partial charge on any atom is -0.480 e. The molecule has 2 aliphatic carbocycles. The number of nitrogens with zero attached hydrogens (tertiary/aromatic N) is 6. The molecule has 0 radical (unpaired) electrons. The van der Waals surface area contributed by atoms with E-state index in [1.807, 2.05) is 38.1 Å². The zero-order valence-electron chi connectivity index (χ0n) is 22.6. The highest BCUT2D eigenvalue weighted by Gasteiger charge is 2.35. The van der Waals surface area contributed by atoms with E-state index in [9.17, 15) is 13.2 Å². The molecule has 3 aromatic heterocycles. The Hall–Kier alpha value is -4.02. The minimum atomic E-state index is -4.50. The molecule has 6 rings (SSSR count). The first-order chi connectivity index (χ1) is 19.2. The van der Waals surface area contributed by atoms with Gasteiger partial charge >= 0.3 is 6.18 Å². The van der Waals surface area contributed by atoms with Crippen molar-refractivity contribution in [2.24, 2.45) is 0 Å². The molecule has 8 nitrogen and oxygen atoms in total. The van der Waals surface area contributed by atoms with Crippen LogP contribution in [0, 0.1) is 0 Å². The third-order valence-corrected chi connectivity index (χ3v) is 7.41. The van der Waals surface area contributed by atoms with Gasteiger partial charge in [0, 0.05) is 41.5 Å². The van der Waals surface area contributed by atoms with Crippen LogP contribution in [0.15, 0.2) is 36.8 Å². The number of hydrogen-bond acceptors (Lipinski definition) is 7. The van der Waals surface area contributed by atoms with E-state index < -0.39 is 11.9 Å². The average Bonchev–Trinajstić information content (AvgIpc) is 3.48. The second kappa shape index (κ2) is 10.2. The zero-order chi connectivity index (χ0) is 28.0. The first-order valence-electron chi connectivity index (χ1n) is 13.5. The molecule has 0 saturated heterocycles. The molecule has 0 aliphatic heterocycles. The molecule has 0 amide bonds. The predicted molar refractivity (Wildman–Crippen MR) is 144 cm³/mol. The Morgan fingerprint density at radius 2 is 1.82 bits per heavy atom. The van der Waals surface area contributed by atoms with E-state index in [1.54, 1.807) is 11.7 Å². The molecule has 11 heteroatoms. The molecule has 0 unspecified atom stereocenters. The molecule has 1 N–H and O–H groups in total. The summed E-state index contributed by atoms with van der Waals surface area (Å²) in [7, 11) is 1.59. The second-order valence-electron chi connectivity index (χ2n) is 10.6. The van der Waals surface area contributed by atoms with Crippen molar-refractivity contribution in [1.82, 2.24) is 29.5 Å². The topological polar surface area (TPSA) is 90.6 Å². The Morgan fingerprint density at radius 3 is 2.50 bits per heavy atom. The molecule has 2 aliphatic rings. The number of rotatable bonds is 8. The van der Waals surface area contributed by atoms with Crippen LogP contribution >= 0.6 is 0 Å². The number of anilines is 1. The van der Waals surface area contributed by atoms with Gasteiger partial charge in [-0.2, -0.15) is 13.2 Å². The number of hydrogen-bond donors (Lipinski definition) is 1. The Balaban J connectivity index is 1.27. The number of fused-ring (bicyclic) bond motifs is 1. The highest BCUT2D eigenvalue weighted by molar-refractivity contribution is 5.68. The highest BCUT2D eigenvalue weighted by Crippen LogP contribution is 2.45. The zero-order valence-corrected chi connectivity index (χ0v) is 22.6. The van der Waals surface area contributed by atoms with Crippen molar-refractivity contribution in [3.8, 4) is 28.7 Å². The monoisotopic (exact) mass is 549 g/mol. The van der Waals surface area contributed by atoms with Crippen molar-refractivity contribution >= 4 is 5.82 Å². The molecular formula is C29H30F3N7O. The largest absolute Gasteiger partial charge is 0.480 e. The number of alkyl halides is 3. The first-order valence-corrected chi connectivity index (χ1v) is 13.5. The van der Waals surface area contributed by atoms with E-state index in [-0.39, 0.29) is 6.04 Å². The van der Waals surface area contributed by atoms with Gasteiger partial charge in [0.05, 0.1) is 12.8 Å². The van der Waals surface area contributed by atoms with E-state index in [0.717, 1.165) is 72.2 Å². The van der Waals surface area contributed by atoms with Gasteiger partial charge in [0.25, 0.3) is 0 Å². The van der Waals surface area contributed by atoms with Gasteiger partial charge in [0.1, 0.15) is 23.5 Å². The molecule has 3 heterocycles. The minimum absolute atomic E-state index is 0.164. The number of imidazole rings is 1. The van der Waals surface area contributed by atoms with E-state index in [2.05, 4.69) is 20.3 Å². The van der Waals surface area contributed by atoms with Crippen LogP contribution in [0.25, 0.3) is 22.8 Å². The lowest BCUT2D eigenvalue weighted by atomic mass is 10.1. The molecule has 1 saturated carbocycles. The van der Waals surface area contributed by atoms with Crippen molar-refractivity contribution < 1.29 is 17.9 Å². The molecule has 1 fully saturated rings. The Bertz CT molecular complexity index is 1540. The Labute approximate surface area is 230 Å². The summed E-state index contributed by atoms with van der Waals surface area (Å²) in [6.07, 6.45) is 3.05. The van der Waals surface area contributed by atoms with Gasteiger partial charge in [0.15, 0.2) is 11.5 Å². The van der Waals surface area contributed by atoms with Gasteiger partial charge in [0.2, 0.25) is 5.88 Å². The van der Waals surface area contributed by atoms with Gasteiger partial charge in [-0.25, -0.2) is 24.9 Å². The Kier molecular flexibility index (Phi) is 6.67. The number of nitrogens with one attached hydrogen (secondary N) is 1. The third kappa shape index (κ3) is 5.00. The van der Waals surface area contributed by atoms with Crippen molar-refractivity contribution in [2.45, 2.75) is 70.6 Å². The van der Waals surface area contributed by atoms with Crippen LogP contribution in [-0.2, 0) is 25.6 Å². The molecule has 40 heavy (non-hydrogen) atoms. The van der Waals surface area contributed by atoms with Gasteiger partial charge in [-0.1, -0.05) is 24.3 Å². The standard InChI is InChI=1S/C29H30F3N7O/c1-16(2)39-14-22(29(30,31)32)37-27(39)19-9-7-17(8-10-19)13-33-25-20-5-4-6-21(20)36-26(38-25)23-24(18-11-12-18)34-15-35-28(23)40-3/h7-10,14-16,18H,4-6,11-13H2,1-3H3,(H,33,36,38). The van der Waals surface area contributed by atoms with Gasteiger partial charge in [-0.05, 0) is 51.5 Å². The van der Waals surface area contributed by atoms with E-state index in [1.165, 1.54) is 6.33 Å². The smallest absolute Gasteiger partial charge is 0.434 e. The lowest BCUT2D eigenvalue weighted by molar-refractivity contribution is -0.140. The second-order valence-corrected chi connectivity index (χ2v) is 10.6. The van der Waals surface area contributed by atoms with Gasteiger partial charge < -0.3 is 14.6 Å². The van der Waals surface area contributed by atoms with Crippen LogP contribution in [0.5, 0.6) is 5.88 Å². The summed E-state index contributed by atoms with van der Waals surface area (Å²) < 4.78 is 47.1. The number of ether oxygens (including phenoxy) is 1. The van der Waals surface area contributed by atoms with Crippen molar-refractivity contribution in [3.63, 3.8) is 0 Å². The van der Waals surface area contributed by atoms with Crippen LogP contribution in [-0.4, -0.2) is 36.6 Å². The molecule has 208 valence electrons. The summed E-state index contributed by atoms with van der Waals surface area (Å²) in [6, 6.07) is 7.25. The Morgan fingerprint density at radius 1 is 1.05 bits per heavy atom. The number of halogens is 3. The molecular weight excluding hydrogens is 519 g/mol. The maximum absolute atomic E-state index is 13.3. The van der Waals surface area contributed by atoms with Crippen LogP contribution in [0.2, 0.25) is 0 Å². The fourth-order valence-corrected chi connectivity index (χ4v) is 5.20. The van der Waals surface area contributed by atoms with Crippen LogP contribution in [0.1, 0.15) is 73.3 Å². The number of methoxy groups -OCH3 is 1. The van der Waals surface area contributed by atoms with E-state index in [0.29, 0.717) is 35.6 Å². The SMILES string of the molecule is COc1ncnc(C2CC2)c1-c1nc2c(c(NCc3ccc(-c4nc(C(F)(F)F)cn4C(C)C)cc3)n1)CCC2. The summed E-state index contributed by atoms with van der Waals surface area (Å²) in [6.45, 7) is 4.17. The summed E-state index contributed by atoms with van der Waals surface area (Å²) in [5.74, 6) is 2.49. The fraction of sp³-hybridized carbons (Fsp3) is 0.414. The number of benzene rings is 1. The fourth-order valence-electron chi connectivity index (χ4n) is 5.20. The summed E-state index contributed by atoms with van der Waals surface area (Å²) in [5, 5.41) is 3.48. The van der Waals surface area contributed by atoms with Crippen LogP contribution in [0.4, 0.5) is 19.0 Å². The summed E-state index contributed by atoms with van der Waals surface area (Å²) in [4.78, 5) is 22.6. The molecule has 1 aromatic carbocycles. The molecule has 4 aromatic rings. The average molecular weight is 550 g/mol. The molecule has 0 spiro atoms. The normalized spacial score (nSPS) is 15.0. The van der Waals surface area contributed by atoms with Crippen LogP contribution in [0.3, 0.4) is 0 Å². The third-order valence-electron chi connectivity index (χ3n) is 7.41. The summed E-state index contributed by atoms with van der Waals surface area (Å²) >= 11 is 0. The van der Waals surface area contributed by atoms with Crippen molar-refractivity contribution in [3.05, 3.63) is 65.0 Å². The van der Waals surface area contributed by atoms with E-state index >= 15 is 0 Å². The molecule has 0 bridgehead atoms. The van der Waals surface area contributed by atoms with Crippen molar-refractivity contribution in [2.75, 3.05) is 12.4 Å². The summed E-state index contributed by atoms with van der Waals surface area (Å²) in [5.41, 5.74) is 4.53. The lowest BCUT2D eigenvalue weighted by Crippen LogP contribution is -2.09. The van der Waals surface area contributed by atoms with Gasteiger partial charge in [-0.3, -0.25) is 0 Å². The van der Waals surface area contributed by atoms with Crippen LogP contribution < -0.4 is 10.1 Å². The first kappa shape index (κ1) is 26.2.